The predicted octanol–water partition coefficient (Wildman–Crippen LogP) is 2.52. The van der Waals surface area contributed by atoms with Gasteiger partial charge in [-0.25, -0.2) is 0 Å². The van der Waals surface area contributed by atoms with Crippen molar-refractivity contribution in [3.05, 3.63) is 0 Å². The van der Waals surface area contributed by atoms with Crippen molar-refractivity contribution >= 4 is 11.9 Å². The largest absolute Gasteiger partial charge is 0.481 e. The summed E-state index contributed by atoms with van der Waals surface area (Å²) in [6.45, 7) is 3.95. The van der Waals surface area contributed by atoms with Gasteiger partial charge in [0.15, 0.2) is 0 Å². The van der Waals surface area contributed by atoms with E-state index in [1.807, 2.05) is 13.8 Å². The Labute approximate surface area is 102 Å². The Morgan fingerprint density at radius 3 is 1.20 bits per heavy atom. The molecule has 0 spiro atoms. The minimum absolute atomic E-state index is 0. The van der Waals surface area contributed by atoms with Crippen LogP contribution in [0.5, 0.6) is 0 Å². The number of unbranched alkanes of at least 4 members (excludes halogenated alkanes) is 2. The van der Waals surface area contributed by atoms with Crippen LogP contribution in [0.4, 0.5) is 0 Å². The van der Waals surface area contributed by atoms with Gasteiger partial charge in [-0.15, -0.1) is 0 Å². The molecule has 0 aromatic rings. The SMILES string of the molecule is CCCCC(=O)O.CCCCC(=O)O.[Mn]. The van der Waals surface area contributed by atoms with Crippen LogP contribution < -0.4 is 0 Å². The van der Waals surface area contributed by atoms with E-state index in [1.54, 1.807) is 0 Å². The summed E-state index contributed by atoms with van der Waals surface area (Å²) in [5.41, 5.74) is 0. The van der Waals surface area contributed by atoms with E-state index in [4.69, 9.17) is 10.2 Å². The van der Waals surface area contributed by atoms with Gasteiger partial charge < -0.3 is 10.2 Å². The predicted molar refractivity (Wildman–Crippen MR) is 54.3 cm³/mol. The van der Waals surface area contributed by atoms with Gasteiger partial charge in [0.05, 0.1) is 0 Å². The summed E-state index contributed by atoms with van der Waals surface area (Å²) < 4.78 is 0. The van der Waals surface area contributed by atoms with E-state index in [2.05, 4.69) is 0 Å². The van der Waals surface area contributed by atoms with Crippen molar-refractivity contribution in [2.24, 2.45) is 0 Å². The topological polar surface area (TPSA) is 74.6 Å². The maximum Gasteiger partial charge on any atom is 0.303 e. The van der Waals surface area contributed by atoms with Gasteiger partial charge in [-0.1, -0.05) is 26.7 Å². The van der Waals surface area contributed by atoms with Crippen LogP contribution in [0.3, 0.4) is 0 Å². The van der Waals surface area contributed by atoms with Crippen LogP contribution in [0.25, 0.3) is 0 Å². The number of hydrogen-bond acceptors (Lipinski definition) is 2. The Morgan fingerprint density at radius 2 is 1.13 bits per heavy atom. The first-order valence-corrected chi connectivity index (χ1v) is 4.98. The van der Waals surface area contributed by atoms with Gasteiger partial charge >= 0.3 is 11.9 Å². The van der Waals surface area contributed by atoms with E-state index in [9.17, 15) is 9.59 Å². The van der Waals surface area contributed by atoms with Gasteiger partial charge in [0, 0.05) is 29.9 Å². The molecule has 0 aromatic carbocycles. The summed E-state index contributed by atoms with van der Waals surface area (Å²) in [5, 5.41) is 16.1. The molecule has 1 radical (unpaired) electrons. The maximum atomic E-state index is 9.76. The fraction of sp³-hybridized carbons (Fsp3) is 0.800. The molecule has 0 heterocycles. The van der Waals surface area contributed by atoms with Crippen LogP contribution in [-0.2, 0) is 26.7 Å². The molecular formula is C10H20MnO4. The third-order valence-electron chi connectivity index (χ3n) is 1.49. The van der Waals surface area contributed by atoms with Crippen LogP contribution >= 0.6 is 0 Å². The van der Waals surface area contributed by atoms with Crippen molar-refractivity contribution in [2.75, 3.05) is 0 Å². The molecule has 0 amide bonds. The standard InChI is InChI=1S/2C5H10O2.Mn/c2*1-2-3-4-5(6)7;/h2*2-4H2,1H3,(H,6,7);. The summed E-state index contributed by atoms with van der Waals surface area (Å²) in [5.74, 6) is -1.39. The maximum absolute atomic E-state index is 9.76. The Balaban J connectivity index is -0.000000180. The number of hydrogen-bond donors (Lipinski definition) is 2. The summed E-state index contributed by atoms with van der Waals surface area (Å²) in [7, 11) is 0. The first-order chi connectivity index (χ1) is 6.54. The molecule has 0 fully saturated rings. The summed E-state index contributed by atoms with van der Waals surface area (Å²) in [6.07, 6.45) is 4.16. The smallest absolute Gasteiger partial charge is 0.303 e. The zero-order valence-corrected chi connectivity index (χ0v) is 10.5. The van der Waals surface area contributed by atoms with Gasteiger partial charge in [-0.05, 0) is 12.8 Å². The molecule has 0 bridgehead atoms. The molecule has 0 atom stereocenters. The van der Waals surface area contributed by atoms with Gasteiger partial charge in [0.25, 0.3) is 0 Å². The second-order valence-corrected chi connectivity index (χ2v) is 2.99. The fourth-order valence-corrected chi connectivity index (χ4v) is 0.656. The van der Waals surface area contributed by atoms with E-state index < -0.39 is 11.9 Å². The number of aliphatic carboxylic acids is 2. The third kappa shape index (κ3) is 31.8. The van der Waals surface area contributed by atoms with Crippen LogP contribution in [-0.4, -0.2) is 22.2 Å². The van der Waals surface area contributed by atoms with Crippen molar-refractivity contribution in [1.82, 2.24) is 0 Å². The number of carboxylic acid groups (broad SMARTS) is 2. The molecule has 2 N–H and O–H groups in total. The molecule has 5 heteroatoms. The molecule has 0 aliphatic carbocycles. The summed E-state index contributed by atoms with van der Waals surface area (Å²) in [4.78, 5) is 19.5. The van der Waals surface area contributed by atoms with Crippen LogP contribution in [0.15, 0.2) is 0 Å². The minimum atomic E-state index is -0.693. The second-order valence-electron chi connectivity index (χ2n) is 2.99. The number of carbonyl (C=O) groups is 2. The van der Waals surface area contributed by atoms with E-state index >= 15 is 0 Å². The molecule has 0 rings (SSSR count). The van der Waals surface area contributed by atoms with Crippen LogP contribution in [0.2, 0.25) is 0 Å². The molecule has 15 heavy (non-hydrogen) atoms. The monoisotopic (exact) mass is 259 g/mol. The molecule has 0 aliphatic rings. The fourth-order valence-electron chi connectivity index (χ4n) is 0.656. The van der Waals surface area contributed by atoms with Crippen molar-refractivity contribution < 1.29 is 36.9 Å². The molecule has 4 nitrogen and oxygen atoms in total. The average molecular weight is 259 g/mol. The van der Waals surface area contributed by atoms with E-state index in [0.717, 1.165) is 25.7 Å². The van der Waals surface area contributed by atoms with Gasteiger partial charge in [-0.3, -0.25) is 9.59 Å². The molecule has 0 unspecified atom stereocenters. The van der Waals surface area contributed by atoms with E-state index in [-0.39, 0.29) is 17.1 Å². The van der Waals surface area contributed by atoms with Crippen LogP contribution in [0, 0.1) is 0 Å². The zero-order valence-electron chi connectivity index (χ0n) is 9.33. The average Bonchev–Trinajstić information content (AvgIpc) is 2.12. The van der Waals surface area contributed by atoms with Crippen molar-refractivity contribution in [3.63, 3.8) is 0 Å². The van der Waals surface area contributed by atoms with Gasteiger partial charge in [0.2, 0.25) is 0 Å². The van der Waals surface area contributed by atoms with Gasteiger partial charge in [-0.2, -0.15) is 0 Å². The minimum Gasteiger partial charge on any atom is -0.481 e. The molecule has 91 valence electrons. The summed E-state index contributed by atoms with van der Waals surface area (Å²) in [6, 6.07) is 0. The first-order valence-electron chi connectivity index (χ1n) is 4.98. The van der Waals surface area contributed by atoms with Crippen molar-refractivity contribution in [1.29, 1.82) is 0 Å². The van der Waals surface area contributed by atoms with E-state index in [0.29, 0.717) is 12.8 Å². The molecular weight excluding hydrogens is 239 g/mol. The van der Waals surface area contributed by atoms with Crippen molar-refractivity contribution in [3.8, 4) is 0 Å². The third-order valence-corrected chi connectivity index (χ3v) is 1.49. The Kier molecular flexibility index (Phi) is 21.2. The normalized spacial score (nSPS) is 8.13. The Morgan fingerprint density at radius 1 is 0.867 bits per heavy atom. The Bertz CT molecular complexity index is 142. The van der Waals surface area contributed by atoms with Gasteiger partial charge in [0.1, 0.15) is 0 Å². The van der Waals surface area contributed by atoms with E-state index in [1.165, 1.54) is 0 Å². The van der Waals surface area contributed by atoms with Crippen molar-refractivity contribution in [2.45, 2.75) is 52.4 Å². The second kappa shape index (κ2) is 15.9. The van der Waals surface area contributed by atoms with Crippen LogP contribution in [0.1, 0.15) is 52.4 Å². The molecule has 0 saturated heterocycles. The molecule has 0 aromatic heterocycles. The zero-order chi connectivity index (χ0) is 11.4. The number of rotatable bonds is 6. The summed E-state index contributed by atoms with van der Waals surface area (Å²) >= 11 is 0. The molecule has 0 saturated carbocycles. The Hall–Kier alpha value is -0.541. The molecule has 0 aliphatic heterocycles. The number of carboxylic acids is 2. The quantitative estimate of drug-likeness (QED) is 0.719. The first kappa shape index (κ1) is 19.9.